The third-order valence-electron chi connectivity index (χ3n) is 3.03. The fourth-order valence-electron chi connectivity index (χ4n) is 1.97. The second kappa shape index (κ2) is 5.93. The molecular weight excluding hydrogens is 216 g/mol. The Kier molecular flexibility index (Phi) is 4.28. The fraction of sp³-hybridized carbons (Fsp3) is 0.667. The minimum Gasteiger partial charge on any atom is -0.376 e. The van der Waals surface area contributed by atoms with E-state index in [1.165, 1.54) is 0 Å². The average Bonchev–Trinajstić information content (AvgIpc) is 2.64. The predicted molar refractivity (Wildman–Crippen MR) is 66.8 cm³/mol. The second-order valence-electron chi connectivity index (χ2n) is 4.27. The minimum atomic E-state index is 0.300. The van der Waals surface area contributed by atoms with Crippen LogP contribution in [0.3, 0.4) is 0 Å². The Hall–Kier alpha value is -1.20. The van der Waals surface area contributed by atoms with Gasteiger partial charge in [0.1, 0.15) is 5.82 Å². The first-order chi connectivity index (χ1) is 8.33. The number of nitrogens with two attached hydrogens (primary N) is 1. The molecule has 0 radical (unpaired) electrons. The summed E-state index contributed by atoms with van der Waals surface area (Å²) in [7, 11) is 0. The van der Waals surface area contributed by atoms with Crippen LogP contribution in [0.25, 0.3) is 0 Å². The van der Waals surface area contributed by atoms with Crippen molar-refractivity contribution in [2.75, 3.05) is 24.6 Å². The van der Waals surface area contributed by atoms with Gasteiger partial charge in [-0.05, 0) is 12.8 Å². The molecule has 0 bridgehead atoms. The molecule has 1 aromatic heterocycles. The van der Waals surface area contributed by atoms with Crippen LogP contribution >= 0.6 is 0 Å². The van der Waals surface area contributed by atoms with Crippen LogP contribution in [0.4, 0.5) is 5.82 Å². The van der Waals surface area contributed by atoms with Gasteiger partial charge in [0.2, 0.25) is 0 Å². The van der Waals surface area contributed by atoms with E-state index < -0.39 is 0 Å². The molecular formula is C12H20N4O. The molecule has 94 valence electrons. The van der Waals surface area contributed by atoms with Crippen LogP contribution in [0, 0.1) is 0 Å². The lowest BCUT2D eigenvalue weighted by Gasteiger charge is -2.23. The molecule has 0 spiro atoms. The van der Waals surface area contributed by atoms with Crippen molar-refractivity contribution in [2.24, 2.45) is 5.73 Å². The molecule has 5 heteroatoms. The van der Waals surface area contributed by atoms with E-state index in [0.717, 1.165) is 44.0 Å². The van der Waals surface area contributed by atoms with E-state index in [1.807, 2.05) is 0 Å². The van der Waals surface area contributed by atoms with Crippen molar-refractivity contribution in [1.82, 2.24) is 9.97 Å². The van der Waals surface area contributed by atoms with Gasteiger partial charge in [-0.2, -0.15) is 0 Å². The zero-order valence-electron chi connectivity index (χ0n) is 10.3. The average molecular weight is 236 g/mol. The van der Waals surface area contributed by atoms with Crippen LogP contribution in [0.2, 0.25) is 0 Å². The van der Waals surface area contributed by atoms with Gasteiger partial charge >= 0.3 is 0 Å². The molecule has 2 N–H and O–H groups in total. The van der Waals surface area contributed by atoms with Gasteiger partial charge in [0.25, 0.3) is 0 Å². The molecule has 0 aliphatic carbocycles. The van der Waals surface area contributed by atoms with Crippen molar-refractivity contribution in [3.8, 4) is 0 Å². The quantitative estimate of drug-likeness (QED) is 0.846. The zero-order valence-corrected chi connectivity index (χ0v) is 10.3. The number of aromatic nitrogens is 2. The number of hydrogen-bond donors (Lipinski definition) is 1. The number of anilines is 1. The highest BCUT2D eigenvalue weighted by molar-refractivity contribution is 5.36. The Morgan fingerprint density at radius 1 is 1.47 bits per heavy atom. The molecule has 1 aliphatic heterocycles. The van der Waals surface area contributed by atoms with E-state index >= 15 is 0 Å². The summed E-state index contributed by atoms with van der Waals surface area (Å²) in [6, 6.07) is 0. The molecule has 2 rings (SSSR count). The van der Waals surface area contributed by atoms with Gasteiger partial charge in [-0.15, -0.1) is 0 Å². The molecule has 2 heterocycles. The Morgan fingerprint density at radius 3 is 3.00 bits per heavy atom. The van der Waals surface area contributed by atoms with Crippen LogP contribution < -0.4 is 10.6 Å². The topological polar surface area (TPSA) is 64.3 Å². The van der Waals surface area contributed by atoms with Crippen LogP contribution in [-0.2, 0) is 11.3 Å². The summed E-state index contributed by atoms with van der Waals surface area (Å²) in [5.41, 5.74) is 6.34. The van der Waals surface area contributed by atoms with E-state index in [4.69, 9.17) is 10.5 Å². The smallest absolute Gasteiger partial charge is 0.147 e. The van der Waals surface area contributed by atoms with Gasteiger partial charge in [-0.1, -0.05) is 6.92 Å². The summed E-state index contributed by atoms with van der Waals surface area (Å²) in [5, 5.41) is 0. The van der Waals surface area contributed by atoms with Crippen LogP contribution in [0.15, 0.2) is 12.4 Å². The number of hydrogen-bond acceptors (Lipinski definition) is 5. The molecule has 1 unspecified atom stereocenters. The Labute approximate surface area is 102 Å². The van der Waals surface area contributed by atoms with Crippen LogP contribution in [0.5, 0.6) is 0 Å². The van der Waals surface area contributed by atoms with Gasteiger partial charge in [0, 0.05) is 26.2 Å². The third kappa shape index (κ3) is 3.14. The van der Waals surface area contributed by atoms with E-state index in [2.05, 4.69) is 21.8 Å². The summed E-state index contributed by atoms with van der Waals surface area (Å²) in [5.74, 6) is 0.922. The maximum absolute atomic E-state index is 5.74. The van der Waals surface area contributed by atoms with Crippen molar-refractivity contribution in [3.63, 3.8) is 0 Å². The highest BCUT2D eigenvalue weighted by Gasteiger charge is 2.18. The molecule has 1 atom stereocenters. The molecule has 17 heavy (non-hydrogen) atoms. The molecule has 5 nitrogen and oxygen atoms in total. The van der Waals surface area contributed by atoms with E-state index in [9.17, 15) is 0 Å². The lowest BCUT2D eigenvalue weighted by Crippen LogP contribution is -2.32. The lowest BCUT2D eigenvalue weighted by atomic mass is 10.2. The third-order valence-corrected chi connectivity index (χ3v) is 3.03. The summed E-state index contributed by atoms with van der Waals surface area (Å²) >= 11 is 0. The first kappa shape index (κ1) is 12.3. The molecule has 0 saturated carbocycles. The maximum atomic E-state index is 5.74. The van der Waals surface area contributed by atoms with Gasteiger partial charge in [0.05, 0.1) is 24.2 Å². The van der Waals surface area contributed by atoms with Gasteiger partial charge in [-0.3, -0.25) is 4.98 Å². The molecule has 1 aromatic rings. The van der Waals surface area contributed by atoms with Crippen molar-refractivity contribution in [2.45, 2.75) is 32.4 Å². The first-order valence-corrected chi connectivity index (χ1v) is 6.21. The minimum absolute atomic E-state index is 0.300. The molecule has 1 fully saturated rings. The van der Waals surface area contributed by atoms with Crippen molar-refractivity contribution in [3.05, 3.63) is 18.1 Å². The molecule has 1 saturated heterocycles. The zero-order chi connectivity index (χ0) is 12.1. The predicted octanol–water partition coefficient (Wildman–Crippen LogP) is 0.941. The first-order valence-electron chi connectivity index (χ1n) is 6.21. The van der Waals surface area contributed by atoms with Gasteiger partial charge in [-0.25, -0.2) is 4.98 Å². The molecule has 0 amide bonds. The van der Waals surface area contributed by atoms with E-state index in [0.29, 0.717) is 12.6 Å². The SMILES string of the molecule is CCC1CN(c2cnc(CN)cn2)CCCO1. The summed E-state index contributed by atoms with van der Waals surface area (Å²) in [4.78, 5) is 10.9. The normalized spacial score (nSPS) is 21.3. The van der Waals surface area contributed by atoms with Gasteiger partial charge in [0.15, 0.2) is 0 Å². The van der Waals surface area contributed by atoms with Crippen LogP contribution in [-0.4, -0.2) is 35.8 Å². The summed E-state index contributed by atoms with van der Waals surface area (Å²) < 4.78 is 5.74. The lowest BCUT2D eigenvalue weighted by molar-refractivity contribution is 0.0664. The van der Waals surface area contributed by atoms with Crippen molar-refractivity contribution >= 4 is 5.82 Å². The summed E-state index contributed by atoms with van der Waals surface area (Å²) in [6.45, 7) is 5.30. The fourth-order valence-corrected chi connectivity index (χ4v) is 1.97. The van der Waals surface area contributed by atoms with Crippen LogP contribution in [0.1, 0.15) is 25.5 Å². The molecule has 0 aromatic carbocycles. The Balaban J connectivity index is 2.08. The number of nitrogens with zero attached hydrogens (tertiary/aromatic N) is 3. The Bertz CT molecular complexity index is 341. The maximum Gasteiger partial charge on any atom is 0.147 e. The standard InChI is InChI=1S/C12H20N4O/c1-2-11-9-16(4-3-5-17-11)12-8-14-10(6-13)7-15-12/h7-8,11H,2-6,9,13H2,1H3. The molecule has 1 aliphatic rings. The largest absolute Gasteiger partial charge is 0.376 e. The van der Waals surface area contributed by atoms with E-state index in [-0.39, 0.29) is 0 Å². The number of rotatable bonds is 3. The summed E-state index contributed by atoms with van der Waals surface area (Å²) in [6.07, 6.45) is 5.93. The highest BCUT2D eigenvalue weighted by atomic mass is 16.5. The second-order valence-corrected chi connectivity index (χ2v) is 4.27. The highest BCUT2D eigenvalue weighted by Crippen LogP contribution is 2.15. The van der Waals surface area contributed by atoms with Crippen molar-refractivity contribution < 1.29 is 4.74 Å². The van der Waals surface area contributed by atoms with Crippen molar-refractivity contribution in [1.29, 1.82) is 0 Å². The van der Waals surface area contributed by atoms with Gasteiger partial charge < -0.3 is 15.4 Å². The van der Waals surface area contributed by atoms with E-state index in [1.54, 1.807) is 12.4 Å². The monoisotopic (exact) mass is 236 g/mol. The Morgan fingerprint density at radius 2 is 2.35 bits per heavy atom. The number of ether oxygens (including phenoxy) is 1.